The first-order valence-electron chi connectivity index (χ1n) is 6.17. The van der Waals surface area contributed by atoms with Crippen molar-refractivity contribution in [2.75, 3.05) is 4.90 Å². The summed E-state index contributed by atoms with van der Waals surface area (Å²) in [7, 11) is 0. The zero-order valence-corrected chi connectivity index (χ0v) is 10.3. The number of carbonyl (C=O) groups is 1. The average molecular weight is 254 g/mol. The van der Waals surface area contributed by atoms with Crippen LogP contribution in [0.25, 0.3) is 0 Å². The van der Waals surface area contributed by atoms with Crippen molar-refractivity contribution >= 4 is 17.3 Å². The topological polar surface area (TPSA) is 52.6 Å². The van der Waals surface area contributed by atoms with E-state index in [4.69, 9.17) is 5.21 Å². The van der Waals surface area contributed by atoms with Crippen molar-refractivity contribution < 1.29 is 10.0 Å². The van der Waals surface area contributed by atoms with Crippen LogP contribution in [0.3, 0.4) is 0 Å². The van der Waals surface area contributed by atoms with E-state index in [0.717, 1.165) is 16.9 Å². The molecule has 0 fully saturated rings. The van der Waals surface area contributed by atoms with Crippen LogP contribution in [0.1, 0.15) is 5.56 Å². The van der Waals surface area contributed by atoms with Crippen LogP contribution in [0.15, 0.2) is 54.6 Å². The molecule has 96 valence electrons. The molecule has 1 atom stereocenters. The summed E-state index contributed by atoms with van der Waals surface area (Å²) in [6.45, 7) is 0. The molecule has 0 saturated heterocycles. The van der Waals surface area contributed by atoms with Crippen LogP contribution in [-0.2, 0) is 11.2 Å². The molecule has 0 aromatic heterocycles. The van der Waals surface area contributed by atoms with E-state index in [1.54, 1.807) is 5.48 Å². The lowest BCUT2D eigenvalue weighted by Gasteiger charge is -2.26. The van der Waals surface area contributed by atoms with Gasteiger partial charge in [0.25, 0.3) is 5.91 Å². The maximum Gasteiger partial charge on any atom is 0.266 e. The second-order valence-corrected chi connectivity index (χ2v) is 4.53. The molecule has 4 nitrogen and oxygen atoms in total. The van der Waals surface area contributed by atoms with Crippen molar-refractivity contribution in [3.05, 3.63) is 60.2 Å². The van der Waals surface area contributed by atoms with Crippen LogP contribution in [0, 0.1) is 0 Å². The van der Waals surface area contributed by atoms with Gasteiger partial charge in [0.2, 0.25) is 0 Å². The van der Waals surface area contributed by atoms with Gasteiger partial charge < -0.3 is 4.90 Å². The lowest BCUT2D eigenvalue weighted by atomic mass is 10.1. The van der Waals surface area contributed by atoms with Crippen molar-refractivity contribution in [3.8, 4) is 0 Å². The number of hydrogen-bond acceptors (Lipinski definition) is 3. The van der Waals surface area contributed by atoms with E-state index in [9.17, 15) is 4.79 Å². The number of hydrogen-bond donors (Lipinski definition) is 2. The number of anilines is 2. The zero-order valence-electron chi connectivity index (χ0n) is 10.3. The minimum Gasteiger partial charge on any atom is -0.328 e. The zero-order chi connectivity index (χ0) is 13.2. The van der Waals surface area contributed by atoms with Crippen LogP contribution in [0.2, 0.25) is 0 Å². The largest absolute Gasteiger partial charge is 0.328 e. The van der Waals surface area contributed by atoms with Crippen molar-refractivity contribution in [3.63, 3.8) is 0 Å². The number of nitrogens with zero attached hydrogens (tertiary/aromatic N) is 1. The second-order valence-electron chi connectivity index (χ2n) is 4.53. The first-order valence-corrected chi connectivity index (χ1v) is 6.17. The highest BCUT2D eigenvalue weighted by molar-refractivity contribution is 5.90. The number of fused-ring (bicyclic) bond motifs is 1. The predicted molar refractivity (Wildman–Crippen MR) is 72.4 cm³/mol. The van der Waals surface area contributed by atoms with Crippen LogP contribution >= 0.6 is 0 Å². The summed E-state index contributed by atoms with van der Waals surface area (Å²) in [5, 5.41) is 8.91. The van der Waals surface area contributed by atoms with Gasteiger partial charge in [0, 0.05) is 17.8 Å². The summed E-state index contributed by atoms with van der Waals surface area (Å²) < 4.78 is 0. The Bertz CT molecular complexity index is 598. The average Bonchev–Trinajstić information content (AvgIpc) is 2.86. The molecule has 0 spiro atoms. The quantitative estimate of drug-likeness (QED) is 0.638. The number of para-hydroxylation sites is 2. The molecule has 1 amide bonds. The Morgan fingerprint density at radius 2 is 1.79 bits per heavy atom. The summed E-state index contributed by atoms with van der Waals surface area (Å²) in [6, 6.07) is 17.2. The SMILES string of the molecule is O=C(NO)[C@H]1Cc2ccccc2N1c1ccccc1. The molecule has 0 saturated carbocycles. The Balaban J connectivity index is 2.08. The van der Waals surface area contributed by atoms with Gasteiger partial charge >= 0.3 is 0 Å². The maximum absolute atomic E-state index is 11.9. The third-order valence-electron chi connectivity index (χ3n) is 3.42. The fraction of sp³-hybridized carbons (Fsp3) is 0.133. The fourth-order valence-corrected chi connectivity index (χ4v) is 2.58. The van der Waals surface area contributed by atoms with E-state index in [-0.39, 0.29) is 5.91 Å². The summed E-state index contributed by atoms with van der Waals surface area (Å²) >= 11 is 0. The molecule has 4 heteroatoms. The lowest BCUT2D eigenvalue weighted by molar-refractivity contribution is -0.130. The van der Waals surface area contributed by atoms with Crippen LogP contribution < -0.4 is 10.4 Å². The van der Waals surface area contributed by atoms with E-state index >= 15 is 0 Å². The van der Waals surface area contributed by atoms with Gasteiger partial charge in [0.15, 0.2) is 0 Å². The van der Waals surface area contributed by atoms with Gasteiger partial charge in [-0.1, -0.05) is 36.4 Å². The number of carbonyl (C=O) groups excluding carboxylic acids is 1. The second kappa shape index (κ2) is 4.74. The lowest BCUT2D eigenvalue weighted by Crippen LogP contribution is -2.42. The number of nitrogens with one attached hydrogen (secondary N) is 1. The Morgan fingerprint density at radius 3 is 2.53 bits per heavy atom. The third kappa shape index (κ3) is 1.96. The van der Waals surface area contributed by atoms with Gasteiger partial charge in [-0.05, 0) is 23.8 Å². The predicted octanol–water partition coefficient (Wildman–Crippen LogP) is 2.25. The molecule has 1 aliphatic rings. The summed E-state index contributed by atoms with van der Waals surface area (Å²) in [4.78, 5) is 13.8. The molecule has 1 aliphatic heterocycles. The highest BCUT2D eigenvalue weighted by Gasteiger charge is 2.34. The first kappa shape index (κ1) is 11.7. The molecular formula is C15H14N2O2. The highest BCUT2D eigenvalue weighted by atomic mass is 16.5. The molecule has 0 aliphatic carbocycles. The van der Waals surface area contributed by atoms with Gasteiger partial charge in [0.05, 0.1) is 0 Å². The van der Waals surface area contributed by atoms with Crippen LogP contribution in [0.5, 0.6) is 0 Å². The molecule has 2 aromatic carbocycles. The molecule has 2 N–H and O–H groups in total. The van der Waals surface area contributed by atoms with Gasteiger partial charge in [-0.15, -0.1) is 0 Å². The fourth-order valence-electron chi connectivity index (χ4n) is 2.58. The van der Waals surface area contributed by atoms with E-state index in [1.165, 1.54) is 0 Å². The van der Waals surface area contributed by atoms with Gasteiger partial charge in [-0.25, -0.2) is 5.48 Å². The van der Waals surface area contributed by atoms with E-state index in [2.05, 4.69) is 0 Å². The first-order chi connectivity index (χ1) is 9.31. The van der Waals surface area contributed by atoms with Gasteiger partial charge in [-0.3, -0.25) is 10.0 Å². The summed E-state index contributed by atoms with van der Waals surface area (Å²) in [5.41, 5.74) is 4.83. The third-order valence-corrected chi connectivity index (χ3v) is 3.42. The van der Waals surface area contributed by atoms with Gasteiger partial charge in [0.1, 0.15) is 6.04 Å². The molecular weight excluding hydrogens is 240 g/mol. The molecule has 3 rings (SSSR count). The van der Waals surface area contributed by atoms with E-state index in [0.29, 0.717) is 6.42 Å². The Hall–Kier alpha value is -2.33. The van der Waals surface area contributed by atoms with Crippen LogP contribution in [0.4, 0.5) is 11.4 Å². The van der Waals surface area contributed by atoms with E-state index in [1.807, 2.05) is 59.5 Å². The number of amides is 1. The van der Waals surface area contributed by atoms with Crippen molar-refractivity contribution in [1.29, 1.82) is 0 Å². The normalized spacial score (nSPS) is 17.1. The summed E-state index contributed by atoms with van der Waals surface area (Å²) in [5.74, 6) is -0.389. The van der Waals surface area contributed by atoms with Crippen molar-refractivity contribution in [2.24, 2.45) is 0 Å². The Labute approximate surface area is 111 Å². The molecule has 0 bridgehead atoms. The van der Waals surface area contributed by atoms with Crippen LogP contribution in [-0.4, -0.2) is 17.2 Å². The van der Waals surface area contributed by atoms with Crippen molar-refractivity contribution in [2.45, 2.75) is 12.5 Å². The number of benzene rings is 2. The smallest absolute Gasteiger partial charge is 0.266 e. The maximum atomic E-state index is 11.9. The summed E-state index contributed by atoms with van der Waals surface area (Å²) in [6.07, 6.45) is 0.595. The minimum absolute atomic E-state index is 0.389. The molecule has 19 heavy (non-hydrogen) atoms. The molecule has 0 radical (unpaired) electrons. The Morgan fingerprint density at radius 1 is 1.11 bits per heavy atom. The molecule has 2 aromatic rings. The standard InChI is InChI=1S/C15H14N2O2/c18-15(16-19)14-10-11-6-4-5-9-13(11)17(14)12-7-2-1-3-8-12/h1-9,14,19H,10H2,(H,16,18)/t14-/m1/s1. The Kier molecular flexibility index (Phi) is 2.93. The minimum atomic E-state index is -0.412. The van der Waals surface area contributed by atoms with Gasteiger partial charge in [-0.2, -0.15) is 0 Å². The highest BCUT2D eigenvalue weighted by Crippen LogP contribution is 2.37. The van der Waals surface area contributed by atoms with Crippen molar-refractivity contribution in [1.82, 2.24) is 5.48 Å². The van der Waals surface area contributed by atoms with E-state index < -0.39 is 6.04 Å². The molecule has 1 heterocycles. The molecule has 0 unspecified atom stereocenters. The number of rotatable bonds is 2. The number of hydroxylamine groups is 1. The monoisotopic (exact) mass is 254 g/mol.